The number of nitrogens with zero attached hydrogens (tertiary/aromatic N) is 5. The molecule has 1 N–H and O–H groups in total. The number of aromatic nitrogens is 5. The molecule has 3 rings (SSSR count). The fourth-order valence-corrected chi connectivity index (χ4v) is 2.52. The zero-order chi connectivity index (χ0) is 19.6. The second-order valence-corrected chi connectivity index (χ2v) is 5.86. The number of hydrogen-bond acceptors (Lipinski definition) is 5. The molecule has 0 aliphatic heterocycles. The highest BCUT2D eigenvalue weighted by Crippen LogP contribution is 2.30. The van der Waals surface area contributed by atoms with E-state index in [-0.39, 0.29) is 11.5 Å². The molecule has 10 heteroatoms. The summed E-state index contributed by atoms with van der Waals surface area (Å²) in [6.45, 7) is 3.14. The van der Waals surface area contributed by atoms with Crippen LogP contribution in [0.25, 0.3) is 5.95 Å². The summed E-state index contributed by atoms with van der Waals surface area (Å²) in [7, 11) is 0. The number of amides is 1. The molecule has 0 saturated carbocycles. The smallest absolute Gasteiger partial charge is 0.342 e. The van der Waals surface area contributed by atoms with Crippen molar-refractivity contribution in [1.29, 1.82) is 0 Å². The summed E-state index contributed by atoms with van der Waals surface area (Å²) in [6.07, 6.45) is -0.189. The molecular weight excluding hydrogens is 361 g/mol. The lowest BCUT2D eigenvalue weighted by Crippen LogP contribution is -2.29. The predicted molar refractivity (Wildman–Crippen MR) is 89.0 cm³/mol. The summed E-state index contributed by atoms with van der Waals surface area (Å²) >= 11 is 0. The Hall–Kier alpha value is -3.30. The van der Waals surface area contributed by atoms with Crippen molar-refractivity contribution in [3.05, 3.63) is 65.5 Å². The van der Waals surface area contributed by atoms with Crippen molar-refractivity contribution in [2.75, 3.05) is 0 Å². The van der Waals surface area contributed by atoms with Gasteiger partial charge in [-0.15, -0.1) is 0 Å². The second kappa shape index (κ2) is 7.14. The fourth-order valence-electron chi connectivity index (χ4n) is 2.52. The molecule has 7 nitrogen and oxygen atoms in total. The molecule has 2 aromatic heterocycles. The van der Waals surface area contributed by atoms with Gasteiger partial charge in [-0.25, -0.2) is 15.0 Å². The normalized spacial score (nSPS) is 12.6. The molecule has 1 aromatic carbocycles. The Morgan fingerprint density at radius 2 is 1.85 bits per heavy atom. The summed E-state index contributed by atoms with van der Waals surface area (Å²) in [5.41, 5.74) is -0.624. The molecule has 3 aromatic rings. The van der Waals surface area contributed by atoms with Gasteiger partial charge in [-0.2, -0.15) is 23.0 Å². The van der Waals surface area contributed by atoms with Crippen LogP contribution in [0.1, 0.15) is 40.3 Å². The standard InChI is InChI=1S/C17H15F3N6O/c1-10-6-12(8-13(7-10)17(18,19)20)15(27)25-11(2)14-23-9-24-26(14)16-21-4-3-5-22-16/h3-9,11H,1-2H3,(H,25,27). The Labute approximate surface area is 152 Å². The molecule has 0 bridgehead atoms. The first kappa shape index (κ1) is 18.5. The van der Waals surface area contributed by atoms with Crippen LogP contribution in [0.5, 0.6) is 0 Å². The van der Waals surface area contributed by atoms with Crippen LogP contribution >= 0.6 is 0 Å². The van der Waals surface area contributed by atoms with E-state index >= 15 is 0 Å². The topological polar surface area (TPSA) is 85.6 Å². The molecule has 0 radical (unpaired) electrons. The van der Waals surface area contributed by atoms with Crippen molar-refractivity contribution in [3.63, 3.8) is 0 Å². The van der Waals surface area contributed by atoms with E-state index in [9.17, 15) is 18.0 Å². The first-order valence-corrected chi connectivity index (χ1v) is 7.93. The average Bonchev–Trinajstić information content (AvgIpc) is 3.11. The molecule has 0 aliphatic rings. The zero-order valence-electron chi connectivity index (χ0n) is 14.4. The van der Waals surface area contributed by atoms with Gasteiger partial charge in [0.05, 0.1) is 11.6 Å². The molecule has 0 fully saturated rings. The van der Waals surface area contributed by atoms with Gasteiger partial charge in [-0.1, -0.05) is 0 Å². The number of aryl methyl sites for hydroxylation is 1. The highest BCUT2D eigenvalue weighted by atomic mass is 19.4. The van der Waals surface area contributed by atoms with E-state index < -0.39 is 23.7 Å². The number of hydrogen-bond donors (Lipinski definition) is 1. The van der Waals surface area contributed by atoms with E-state index in [1.807, 2.05) is 0 Å². The molecule has 140 valence electrons. The van der Waals surface area contributed by atoms with Crippen LogP contribution in [0, 0.1) is 6.92 Å². The van der Waals surface area contributed by atoms with Crippen molar-refractivity contribution in [2.45, 2.75) is 26.1 Å². The van der Waals surface area contributed by atoms with Gasteiger partial charge >= 0.3 is 6.18 Å². The third kappa shape index (κ3) is 4.10. The Kier molecular flexibility index (Phi) is 4.89. The number of rotatable bonds is 4. The van der Waals surface area contributed by atoms with E-state index in [1.54, 1.807) is 13.0 Å². The summed E-state index contributed by atoms with van der Waals surface area (Å²) in [5.74, 6) is -0.0421. The first-order chi connectivity index (χ1) is 12.8. The van der Waals surface area contributed by atoms with Gasteiger partial charge < -0.3 is 5.32 Å². The maximum absolute atomic E-state index is 13.0. The van der Waals surface area contributed by atoms with Crippen LogP contribution in [0.15, 0.2) is 43.0 Å². The Bertz CT molecular complexity index is 955. The van der Waals surface area contributed by atoms with E-state index in [1.165, 1.54) is 36.4 Å². The number of carbonyl (C=O) groups excluding carboxylic acids is 1. The van der Waals surface area contributed by atoms with Crippen molar-refractivity contribution in [3.8, 4) is 5.95 Å². The van der Waals surface area contributed by atoms with E-state index in [0.29, 0.717) is 11.4 Å². The van der Waals surface area contributed by atoms with E-state index in [4.69, 9.17) is 0 Å². The van der Waals surface area contributed by atoms with Crippen LogP contribution < -0.4 is 5.32 Å². The molecule has 1 unspecified atom stereocenters. The molecule has 1 amide bonds. The predicted octanol–water partition coefficient (Wildman–Crippen LogP) is 2.88. The third-order valence-electron chi connectivity index (χ3n) is 3.72. The summed E-state index contributed by atoms with van der Waals surface area (Å²) in [4.78, 5) is 24.7. The van der Waals surface area contributed by atoms with E-state index in [2.05, 4.69) is 25.4 Å². The minimum absolute atomic E-state index is 0.0869. The monoisotopic (exact) mass is 376 g/mol. The number of nitrogens with one attached hydrogen (secondary N) is 1. The van der Waals surface area contributed by atoms with Gasteiger partial charge in [0.1, 0.15) is 6.33 Å². The largest absolute Gasteiger partial charge is 0.416 e. The Balaban J connectivity index is 1.84. The highest BCUT2D eigenvalue weighted by Gasteiger charge is 2.31. The zero-order valence-corrected chi connectivity index (χ0v) is 14.4. The highest BCUT2D eigenvalue weighted by molar-refractivity contribution is 5.94. The number of alkyl halides is 3. The SMILES string of the molecule is Cc1cc(C(=O)NC(C)c2ncnn2-c2ncccn2)cc(C(F)(F)F)c1. The Morgan fingerprint density at radius 3 is 2.52 bits per heavy atom. The number of benzene rings is 1. The lowest BCUT2D eigenvalue weighted by Gasteiger charge is -2.15. The first-order valence-electron chi connectivity index (χ1n) is 7.93. The third-order valence-corrected chi connectivity index (χ3v) is 3.72. The second-order valence-electron chi connectivity index (χ2n) is 5.86. The van der Waals surface area contributed by atoms with Crippen molar-refractivity contribution in [2.24, 2.45) is 0 Å². The lowest BCUT2D eigenvalue weighted by molar-refractivity contribution is -0.137. The van der Waals surface area contributed by atoms with Gasteiger partial charge in [0, 0.05) is 18.0 Å². The summed E-state index contributed by atoms with van der Waals surface area (Å²) < 4.78 is 40.3. The lowest BCUT2D eigenvalue weighted by atomic mass is 10.1. The quantitative estimate of drug-likeness (QED) is 0.757. The molecule has 2 heterocycles. The van der Waals surface area contributed by atoms with Crippen LogP contribution in [0.4, 0.5) is 13.2 Å². The molecule has 0 saturated heterocycles. The van der Waals surface area contributed by atoms with Crippen LogP contribution in [0.3, 0.4) is 0 Å². The summed E-state index contributed by atoms with van der Waals surface area (Å²) in [6, 6.07) is 4.20. The fraction of sp³-hybridized carbons (Fsp3) is 0.235. The van der Waals surface area contributed by atoms with Gasteiger partial charge in [-0.05, 0) is 43.7 Å². The minimum Gasteiger partial charge on any atom is -0.342 e. The number of carbonyl (C=O) groups is 1. The average molecular weight is 376 g/mol. The van der Waals surface area contributed by atoms with Gasteiger partial charge in [0.15, 0.2) is 5.82 Å². The van der Waals surface area contributed by atoms with Crippen LogP contribution in [-0.4, -0.2) is 30.6 Å². The molecule has 27 heavy (non-hydrogen) atoms. The van der Waals surface area contributed by atoms with Gasteiger partial charge in [-0.3, -0.25) is 4.79 Å². The van der Waals surface area contributed by atoms with Crippen LogP contribution in [0.2, 0.25) is 0 Å². The Morgan fingerprint density at radius 1 is 1.15 bits per heavy atom. The molecule has 0 aliphatic carbocycles. The maximum atomic E-state index is 13.0. The van der Waals surface area contributed by atoms with Crippen LogP contribution in [-0.2, 0) is 6.18 Å². The maximum Gasteiger partial charge on any atom is 0.416 e. The van der Waals surface area contributed by atoms with E-state index in [0.717, 1.165) is 12.1 Å². The van der Waals surface area contributed by atoms with Crippen molar-refractivity contribution in [1.82, 2.24) is 30.0 Å². The van der Waals surface area contributed by atoms with Crippen molar-refractivity contribution >= 4 is 5.91 Å². The van der Waals surface area contributed by atoms with Gasteiger partial charge in [0.2, 0.25) is 0 Å². The molecular formula is C17H15F3N6O. The summed E-state index contributed by atoms with van der Waals surface area (Å²) in [5, 5.41) is 6.66. The molecule has 1 atom stereocenters. The molecule has 0 spiro atoms. The van der Waals surface area contributed by atoms with Crippen molar-refractivity contribution < 1.29 is 18.0 Å². The van der Waals surface area contributed by atoms with Gasteiger partial charge in [0.25, 0.3) is 11.9 Å². The number of halogens is 3. The minimum atomic E-state index is -4.53.